The minimum Gasteiger partial charge on any atom is -0.497 e. The number of ether oxygens (including phenoxy) is 1. The van der Waals surface area contributed by atoms with Gasteiger partial charge < -0.3 is 10.5 Å². The number of thiazole rings is 1. The van der Waals surface area contributed by atoms with Gasteiger partial charge in [-0.3, -0.25) is 0 Å². The first-order valence-electron chi connectivity index (χ1n) is 5.93. The van der Waals surface area contributed by atoms with Crippen molar-refractivity contribution in [3.05, 3.63) is 45.4 Å². The van der Waals surface area contributed by atoms with Crippen LogP contribution in [0.5, 0.6) is 5.75 Å². The molecule has 0 aliphatic carbocycles. The van der Waals surface area contributed by atoms with E-state index in [2.05, 4.69) is 18.0 Å². The summed E-state index contributed by atoms with van der Waals surface area (Å²) in [4.78, 5) is 5.87. The second kappa shape index (κ2) is 5.50. The zero-order valence-corrected chi connectivity index (χ0v) is 11.8. The molecule has 4 heteroatoms. The van der Waals surface area contributed by atoms with Crippen molar-refractivity contribution in [3.8, 4) is 5.75 Å². The maximum Gasteiger partial charge on any atom is 0.119 e. The third kappa shape index (κ3) is 2.54. The van der Waals surface area contributed by atoms with E-state index in [1.165, 1.54) is 4.88 Å². The SMILES string of the molecule is COc1cccc(C(CN)c2nc(C)c(C)s2)c1. The smallest absolute Gasteiger partial charge is 0.119 e. The Labute approximate surface area is 112 Å². The number of aryl methyl sites for hydroxylation is 2. The predicted octanol–water partition coefficient (Wildman–Crippen LogP) is 2.86. The van der Waals surface area contributed by atoms with E-state index in [1.807, 2.05) is 25.1 Å². The number of methoxy groups -OCH3 is 1. The van der Waals surface area contributed by atoms with Gasteiger partial charge in [-0.05, 0) is 31.5 Å². The van der Waals surface area contributed by atoms with Crippen LogP contribution in [-0.4, -0.2) is 18.6 Å². The van der Waals surface area contributed by atoms with E-state index in [0.29, 0.717) is 6.54 Å². The summed E-state index contributed by atoms with van der Waals surface area (Å²) < 4.78 is 5.26. The molecule has 1 heterocycles. The van der Waals surface area contributed by atoms with Gasteiger partial charge in [0.05, 0.1) is 12.8 Å². The molecule has 0 aliphatic heterocycles. The van der Waals surface area contributed by atoms with Crippen LogP contribution in [0.1, 0.15) is 27.1 Å². The highest BCUT2D eigenvalue weighted by Crippen LogP contribution is 2.30. The van der Waals surface area contributed by atoms with Gasteiger partial charge in [0.2, 0.25) is 0 Å². The Morgan fingerprint density at radius 1 is 1.39 bits per heavy atom. The van der Waals surface area contributed by atoms with Gasteiger partial charge in [0, 0.05) is 17.3 Å². The van der Waals surface area contributed by atoms with E-state index < -0.39 is 0 Å². The maximum absolute atomic E-state index is 5.91. The molecule has 0 saturated carbocycles. The van der Waals surface area contributed by atoms with Crippen LogP contribution in [-0.2, 0) is 0 Å². The fourth-order valence-corrected chi connectivity index (χ4v) is 2.95. The fourth-order valence-electron chi connectivity index (χ4n) is 1.88. The summed E-state index contributed by atoms with van der Waals surface area (Å²) in [5.41, 5.74) is 8.17. The molecule has 0 spiro atoms. The average molecular weight is 262 g/mol. The van der Waals surface area contributed by atoms with Gasteiger partial charge in [-0.25, -0.2) is 4.98 Å². The van der Waals surface area contributed by atoms with Crippen molar-refractivity contribution in [2.75, 3.05) is 13.7 Å². The fraction of sp³-hybridized carbons (Fsp3) is 0.357. The van der Waals surface area contributed by atoms with E-state index >= 15 is 0 Å². The molecular formula is C14H18N2OS. The third-order valence-corrected chi connectivity index (χ3v) is 4.26. The molecule has 18 heavy (non-hydrogen) atoms. The third-order valence-electron chi connectivity index (χ3n) is 3.08. The molecule has 1 aromatic heterocycles. The Morgan fingerprint density at radius 3 is 2.72 bits per heavy atom. The summed E-state index contributed by atoms with van der Waals surface area (Å²) in [6, 6.07) is 8.04. The second-order valence-electron chi connectivity index (χ2n) is 4.26. The Hall–Kier alpha value is -1.39. The van der Waals surface area contributed by atoms with Crippen molar-refractivity contribution in [2.24, 2.45) is 5.73 Å². The topological polar surface area (TPSA) is 48.1 Å². The first-order valence-corrected chi connectivity index (χ1v) is 6.75. The normalized spacial score (nSPS) is 12.4. The minimum absolute atomic E-state index is 0.150. The van der Waals surface area contributed by atoms with Gasteiger partial charge >= 0.3 is 0 Å². The van der Waals surface area contributed by atoms with Crippen molar-refractivity contribution < 1.29 is 4.74 Å². The number of benzene rings is 1. The van der Waals surface area contributed by atoms with Gasteiger partial charge in [-0.2, -0.15) is 0 Å². The van der Waals surface area contributed by atoms with Gasteiger partial charge in [-0.15, -0.1) is 11.3 Å². The minimum atomic E-state index is 0.150. The summed E-state index contributed by atoms with van der Waals surface area (Å²) in [6.45, 7) is 4.68. The quantitative estimate of drug-likeness (QED) is 0.921. The van der Waals surface area contributed by atoms with Crippen LogP contribution >= 0.6 is 11.3 Å². The Kier molecular flexibility index (Phi) is 3.99. The van der Waals surface area contributed by atoms with E-state index in [0.717, 1.165) is 22.0 Å². The first-order chi connectivity index (χ1) is 8.65. The lowest BCUT2D eigenvalue weighted by Gasteiger charge is -2.13. The van der Waals surface area contributed by atoms with Crippen molar-refractivity contribution in [1.82, 2.24) is 4.98 Å². The van der Waals surface area contributed by atoms with E-state index in [-0.39, 0.29) is 5.92 Å². The van der Waals surface area contributed by atoms with Crippen molar-refractivity contribution >= 4 is 11.3 Å². The average Bonchev–Trinajstić information content (AvgIpc) is 2.70. The van der Waals surface area contributed by atoms with Crippen molar-refractivity contribution in [3.63, 3.8) is 0 Å². The summed E-state index contributed by atoms with van der Waals surface area (Å²) in [5.74, 6) is 1.01. The monoisotopic (exact) mass is 262 g/mol. The van der Waals surface area contributed by atoms with E-state index in [4.69, 9.17) is 10.5 Å². The molecule has 0 bridgehead atoms. The number of rotatable bonds is 4. The molecule has 96 valence electrons. The molecule has 1 atom stereocenters. The molecule has 2 rings (SSSR count). The predicted molar refractivity (Wildman–Crippen MR) is 75.5 cm³/mol. The van der Waals surface area contributed by atoms with Crippen LogP contribution < -0.4 is 10.5 Å². The standard InChI is InChI=1S/C14H18N2OS/c1-9-10(2)18-14(16-9)13(8-15)11-5-4-6-12(7-11)17-3/h4-7,13H,8,15H2,1-3H3. The highest BCUT2D eigenvalue weighted by molar-refractivity contribution is 7.11. The van der Waals surface area contributed by atoms with E-state index in [9.17, 15) is 0 Å². The second-order valence-corrected chi connectivity index (χ2v) is 5.49. The number of hydrogen-bond donors (Lipinski definition) is 1. The number of nitrogens with zero attached hydrogens (tertiary/aromatic N) is 1. The number of hydrogen-bond acceptors (Lipinski definition) is 4. The highest BCUT2D eigenvalue weighted by atomic mass is 32.1. The number of aromatic nitrogens is 1. The highest BCUT2D eigenvalue weighted by Gasteiger charge is 2.17. The summed E-state index contributed by atoms with van der Waals surface area (Å²) in [7, 11) is 1.67. The van der Waals surface area contributed by atoms with E-state index in [1.54, 1.807) is 18.4 Å². The first kappa shape index (κ1) is 13.1. The van der Waals surface area contributed by atoms with Crippen molar-refractivity contribution in [1.29, 1.82) is 0 Å². The van der Waals surface area contributed by atoms with Crippen LogP contribution in [0.15, 0.2) is 24.3 Å². The molecule has 2 N–H and O–H groups in total. The molecular weight excluding hydrogens is 244 g/mol. The Bertz CT molecular complexity index is 517. The zero-order valence-electron chi connectivity index (χ0n) is 10.9. The lowest BCUT2D eigenvalue weighted by molar-refractivity contribution is 0.414. The van der Waals surface area contributed by atoms with Gasteiger partial charge in [0.1, 0.15) is 10.8 Å². The zero-order chi connectivity index (χ0) is 13.1. The van der Waals surface area contributed by atoms with Gasteiger partial charge in [0.25, 0.3) is 0 Å². The summed E-state index contributed by atoms with van der Waals surface area (Å²) in [6.07, 6.45) is 0. The van der Waals surface area contributed by atoms with Crippen LogP contribution in [0, 0.1) is 13.8 Å². The molecule has 0 radical (unpaired) electrons. The van der Waals surface area contributed by atoms with Gasteiger partial charge in [-0.1, -0.05) is 12.1 Å². The Morgan fingerprint density at radius 2 is 2.17 bits per heavy atom. The largest absolute Gasteiger partial charge is 0.497 e. The molecule has 3 nitrogen and oxygen atoms in total. The lowest BCUT2D eigenvalue weighted by Crippen LogP contribution is -2.13. The van der Waals surface area contributed by atoms with Crippen molar-refractivity contribution in [2.45, 2.75) is 19.8 Å². The molecule has 1 unspecified atom stereocenters. The van der Waals surface area contributed by atoms with Crippen LogP contribution in [0.25, 0.3) is 0 Å². The van der Waals surface area contributed by atoms with Crippen LogP contribution in [0.3, 0.4) is 0 Å². The van der Waals surface area contributed by atoms with Crippen LogP contribution in [0.2, 0.25) is 0 Å². The lowest BCUT2D eigenvalue weighted by atomic mass is 10.00. The molecule has 0 saturated heterocycles. The number of nitrogens with two attached hydrogens (primary N) is 1. The molecule has 2 aromatic rings. The molecule has 1 aromatic carbocycles. The van der Waals surface area contributed by atoms with Gasteiger partial charge in [0.15, 0.2) is 0 Å². The van der Waals surface area contributed by atoms with Crippen LogP contribution in [0.4, 0.5) is 0 Å². The molecule has 0 fully saturated rings. The molecule has 0 amide bonds. The summed E-state index contributed by atoms with van der Waals surface area (Å²) >= 11 is 1.72. The molecule has 0 aliphatic rings. The summed E-state index contributed by atoms with van der Waals surface area (Å²) in [5, 5.41) is 1.08. The Balaban J connectivity index is 2.38. The maximum atomic E-state index is 5.91.